The second-order valence-corrected chi connectivity index (χ2v) is 10.2. The minimum absolute atomic E-state index is 0.325. The van der Waals surface area contributed by atoms with Gasteiger partial charge in [0.1, 0.15) is 0 Å². The lowest BCUT2D eigenvalue weighted by Crippen LogP contribution is -2.04. The lowest BCUT2D eigenvalue weighted by atomic mass is 9.93. The Labute approximate surface area is 260 Å². The van der Waals surface area contributed by atoms with Crippen LogP contribution in [-0.2, 0) is 31.9 Å². The normalized spacial score (nSPS) is 9.95. The Balaban J connectivity index is 1.37. The molecule has 0 saturated heterocycles. The van der Waals surface area contributed by atoms with Crippen LogP contribution in [0.25, 0.3) is 11.1 Å². The van der Waals surface area contributed by atoms with E-state index in [1.807, 2.05) is 60.7 Å². The lowest BCUT2D eigenvalue weighted by molar-refractivity contribution is -0.138. The number of carbonyl (C=O) groups excluding carboxylic acids is 2. The highest BCUT2D eigenvalue weighted by atomic mass is 16.5. The summed E-state index contributed by atoms with van der Waals surface area (Å²) >= 11 is 0. The first-order valence-corrected chi connectivity index (χ1v) is 14.4. The van der Waals surface area contributed by atoms with Gasteiger partial charge in [-0.05, 0) is 95.8 Å². The molecule has 0 spiro atoms. The van der Waals surface area contributed by atoms with E-state index in [1.54, 1.807) is 0 Å². The summed E-state index contributed by atoms with van der Waals surface area (Å²) in [5.41, 5.74) is 10.6. The fraction of sp³-hybridized carbons (Fsp3) is 0.150. The number of carbonyl (C=O) groups is 2. The third kappa shape index (κ3) is 9.21. The van der Waals surface area contributed by atoms with E-state index in [4.69, 9.17) is 9.47 Å². The number of esters is 2. The SMILES string of the molecule is C=CC(=O)OCCc1ccc(C#Cc2ccc(-c3c(C)cc(C#Cc4ccc(CCOC(=O)C=C)cc4)cc3C)cc2)cc1. The standard InChI is InChI=1S/C40H34O4/c1-5-38(41)43-25-23-34-13-9-31(10-14-34)7-8-33-19-21-37(22-20-33)40-29(3)27-36(28-30(40)4)18-17-32-11-15-35(16-12-32)24-26-44-39(42)6-2/h5-6,9-16,19-22,27-28H,1-2,23-26H2,3-4H3. The summed E-state index contributed by atoms with van der Waals surface area (Å²) in [7, 11) is 0. The monoisotopic (exact) mass is 578 g/mol. The lowest BCUT2D eigenvalue weighted by Gasteiger charge is -2.11. The molecule has 0 amide bonds. The summed E-state index contributed by atoms with van der Waals surface area (Å²) in [5, 5.41) is 0. The molecule has 218 valence electrons. The Morgan fingerprint density at radius 3 is 1.34 bits per heavy atom. The number of hydrogen-bond acceptors (Lipinski definition) is 4. The minimum atomic E-state index is -0.409. The molecule has 0 fully saturated rings. The number of ether oxygens (including phenoxy) is 2. The van der Waals surface area contributed by atoms with Crippen LogP contribution in [0.3, 0.4) is 0 Å². The average molecular weight is 579 g/mol. The summed E-state index contributed by atoms with van der Waals surface area (Å²) < 4.78 is 10.1. The van der Waals surface area contributed by atoms with Gasteiger partial charge in [0.05, 0.1) is 13.2 Å². The molecule has 0 atom stereocenters. The van der Waals surface area contributed by atoms with E-state index in [9.17, 15) is 9.59 Å². The molecule has 44 heavy (non-hydrogen) atoms. The van der Waals surface area contributed by atoms with Crippen LogP contribution in [0.1, 0.15) is 44.5 Å². The molecule has 0 bridgehead atoms. The van der Waals surface area contributed by atoms with Crippen LogP contribution in [0, 0.1) is 37.5 Å². The van der Waals surface area contributed by atoms with Gasteiger partial charge in [0.2, 0.25) is 0 Å². The number of aryl methyl sites for hydroxylation is 2. The van der Waals surface area contributed by atoms with Crippen LogP contribution in [0.2, 0.25) is 0 Å². The molecule has 4 rings (SSSR count). The first-order valence-electron chi connectivity index (χ1n) is 14.4. The molecular weight excluding hydrogens is 544 g/mol. The first kappa shape index (κ1) is 31.4. The maximum Gasteiger partial charge on any atom is 0.330 e. The van der Waals surface area contributed by atoms with Crippen molar-refractivity contribution in [3.8, 4) is 34.8 Å². The molecule has 0 aliphatic rings. The summed E-state index contributed by atoms with van der Waals surface area (Å²) in [6.07, 6.45) is 3.63. The van der Waals surface area contributed by atoms with Gasteiger partial charge < -0.3 is 9.47 Å². The molecule has 0 N–H and O–H groups in total. The van der Waals surface area contributed by atoms with Crippen LogP contribution in [0.15, 0.2) is 110 Å². The summed E-state index contributed by atoms with van der Waals surface area (Å²) in [6, 6.07) is 28.5. The van der Waals surface area contributed by atoms with Gasteiger partial charge in [-0.1, -0.05) is 73.2 Å². The Morgan fingerprint density at radius 2 is 0.955 bits per heavy atom. The van der Waals surface area contributed by atoms with E-state index >= 15 is 0 Å². The smallest absolute Gasteiger partial charge is 0.330 e. The van der Waals surface area contributed by atoms with Crippen molar-refractivity contribution < 1.29 is 19.1 Å². The van der Waals surface area contributed by atoms with Crippen molar-refractivity contribution in [2.45, 2.75) is 26.7 Å². The molecule has 4 nitrogen and oxygen atoms in total. The molecule has 0 saturated carbocycles. The molecule has 4 aromatic carbocycles. The first-order chi connectivity index (χ1) is 21.3. The van der Waals surface area contributed by atoms with Crippen molar-refractivity contribution >= 4 is 11.9 Å². The third-order valence-corrected chi connectivity index (χ3v) is 6.92. The topological polar surface area (TPSA) is 52.6 Å². The van der Waals surface area contributed by atoms with E-state index in [2.05, 4.69) is 75.0 Å². The van der Waals surface area contributed by atoms with Crippen LogP contribution in [0.5, 0.6) is 0 Å². The Morgan fingerprint density at radius 1 is 0.591 bits per heavy atom. The van der Waals surface area contributed by atoms with E-state index in [0.717, 1.165) is 50.1 Å². The highest BCUT2D eigenvalue weighted by molar-refractivity contribution is 5.81. The van der Waals surface area contributed by atoms with E-state index in [-0.39, 0.29) is 0 Å². The summed E-state index contributed by atoms with van der Waals surface area (Å²) in [6.45, 7) is 11.7. The van der Waals surface area contributed by atoms with Gasteiger partial charge >= 0.3 is 11.9 Å². The molecule has 0 aromatic heterocycles. The van der Waals surface area contributed by atoms with Crippen molar-refractivity contribution in [3.05, 3.63) is 155 Å². The van der Waals surface area contributed by atoms with Crippen molar-refractivity contribution in [1.82, 2.24) is 0 Å². The minimum Gasteiger partial charge on any atom is -0.462 e. The summed E-state index contributed by atoms with van der Waals surface area (Å²) in [5.74, 6) is 12.2. The fourth-order valence-corrected chi connectivity index (χ4v) is 4.67. The zero-order valence-electron chi connectivity index (χ0n) is 25.1. The van der Waals surface area contributed by atoms with Crippen LogP contribution in [-0.4, -0.2) is 25.2 Å². The highest BCUT2D eigenvalue weighted by Crippen LogP contribution is 2.28. The van der Waals surface area contributed by atoms with Crippen LogP contribution >= 0.6 is 0 Å². The van der Waals surface area contributed by atoms with Gasteiger partial charge in [0, 0.05) is 47.2 Å². The highest BCUT2D eigenvalue weighted by Gasteiger charge is 2.07. The zero-order valence-corrected chi connectivity index (χ0v) is 25.1. The Kier molecular flexibility index (Phi) is 11.1. The van der Waals surface area contributed by atoms with Gasteiger partial charge in [-0.3, -0.25) is 0 Å². The van der Waals surface area contributed by atoms with Gasteiger partial charge in [-0.25, -0.2) is 9.59 Å². The van der Waals surface area contributed by atoms with Crippen molar-refractivity contribution in [2.24, 2.45) is 0 Å². The van der Waals surface area contributed by atoms with Crippen molar-refractivity contribution in [3.63, 3.8) is 0 Å². The summed E-state index contributed by atoms with van der Waals surface area (Å²) in [4.78, 5) is 22.3. The van der Waals surface area contributed by atoms with Gasteiger partial charge in [-0.2, -0.15) is 0 Å². The molecule has 0 aliphatic heterocycles. The maximum atomic E-state index is 11.2. The maximum absolute atomic E-state index is 11.2. The fourth-order valence-electron chi connectivity index (χ4n) is 4.67. The molecule has 0 unspecified atom stereocenters. The number of rotatable bonds is 9. The van der Waals surface area contributed by atoms with Gasteiger partial charge in [0.25, 0.3) is 0 Å². The quantitative estimate of drug-likeness (QED) is 0.119. The second kappa shape index (κ2) is 15.6. The van der Waals surface area contributed by atoms with E-state index in [0.29, 0.717) is 26.1 Å². The van der Waals surface area contributed by atoms with Gasteiger partial charge in [-0.15, -0.1) is 0 Å². The molecule has 0 aliphatic carbocycles. The predicted octanol–water partition coefficient (Wildman–Crippen LogP) is 7.31. The average Bonchev–Trinajstić information content (AvgIpc) is 3.04. The zero-order chi connectivity index (χ0) is 31.3. The number of benzene rings is 4. The Bertz CT molecular complexity index is 1750. The molecular formula is C40H34O4. The Hall–Kier alpha value is -5.58. The molecule has 0 heterocycles. The van der Waals surface area contributed by atoms with Crippen molar-refractivity contribution in [2.75, 3.05) is 13.2 Å². The molecule has 4 aromatic rings. The van der Waals surface area contributed by atoms with Crippen molar-refractivity contribution in [1.29, 1.82) is 0 Å². The third-order valence-electron chi connectivity index (χ3n) is 6.92. The predicted molar refractivity (Wildman–Crippen MR) is 176 cm³/mol. The molecule has 0 radical (unpaired) electrons. The van der Waals surface area contributed by atoms with E-state index < -0.39 is 11.9 Å². The number of hydrogen-bond donors (Lipinski definition) is 0. The van der Waals surface area contributed by atoms with Gasteiger partial charge in [0.15, 0.2) is 0 Å². The van der Waals surface area contributed by atoms with E-state index in [1.165, 1.54) is 17.7 Å². The van der Waals surface area contributed by atoms with Crippen LogP contribution < -0.4 is 0 Å². The largest absolute Gasteiger partial charge is 0.462 e. The molecule has 4 heteroatoms. The second-order valence-electron chi connectivity index (χ2n) is 10.2. The van der Waals surface area contributed by atoms with Crippen LogP contribution in [0.4, 0.5) is 0 Å².